The number of nitro benzene ring substituents is 1. The van der Waals surface area contributed by atoms with Crippen LogP contribution in [-0.2, 0) is 0 Å². The minimum atomic E-state index is -0.454. The number of nitrogens with zero attached hydrogens (tertiary/aromatic N) is 3. The minimum Gasteiger partial charge on any atom is -0.507 e. The molecular formula is C21H15N3O4. The smallest absolute Gasteiger partial charge is 0.278 e. The van der Waals surface area contributed by atoms with Gasteiger partial charge in [-0.25, -0.2) is 4.98 Å². The van der Waals surface area contributed by atoms with Crippen LogP contribution in [0.2, 0.25) is 0 Å². The predicted octanol–water partition coefficient (Wildman–Crippen LogP) is 5.17. The van der Waals surface area contributed by atoms with Crippen molar-refractivity contribution in [1.29, 1.82) is 0 Å². The van der Waals surface area contributed by atoms with Crippen LogP contribution in [-0.4, -0.2) is 21.2 Å². The first kappa shape index (κ1) is 17.4. The second kappa shape index (κ2) is 6.96. The zero-order chi connectivity index (χ0) is 19.7. The van der Waals surface area contributed by atoms with E-state index in [0.717, 1.165) is 5.56 Å². The Balaban J connectivity index is 1.72. The lowest BCUT2D eigenvalue weighted by atomic mass is 10.1. The van der Waals surface area contributed by atoms with Gasteiger partial charge >= 0.3 is 0 Å². The molecule has 0 aliphatic carbocycles. The highest BCUT2D eigenvalue weighted by molar-refractivity contribution is 5.87. The summed E-state index contributed by atoms with van der Waals surface area (Å²) in [6.45, 7) is 1.96. The van der Waals surface area contributed by atoms with Crippen LogP contribution in [0.4, 0.5) is 11.4 Å². The first-order valence-electron chi connectivity index (χ1n) is 8.49. The Kier molecular flexibility index (Phi) is 4.33. The molecule has 0 radical (unpaired) electrons. The number of para-hydroxylation sites is 1. The second-order valence-corrected chi connectivity index (χ2v) is 6.27. The van der Waals surface area contributed by atoms with E-state index in [1.54, 1.807) is 30.3 Å². The summed E-state index contributed by atoms with van der Waals surface area (Å²) >= 11 is 0. The molecule has 0 saturated heterocycles. The third kappa shape index (κ3) is 3.33. The second-order valence-electron chi connectivity index (χ2n) is 6.27. The normalized spacial score (nSPS) is 11.3. The van der Waals surface area contributed by atoms with E-state index in [-0.39, 0.29) is 17.3 Å². The molecule has 28 heavy (non-hydrogen) atoms. The van der Waals surface area contributed by atoms with Gasteiger partial charge in [0.1, 0.15) is 11.3 Å². The summed E-state index contributed by atoms with van der Waals surface area (Å²) in [4.78, 5) is 19.4. The maximum atomic E-state index is 11.1. The van der Waals surface area contributed by atoms with Crippen LogP contribution in [0.3, 0.4) is 0 Å². The van der Waals surface area contributed by atoms with Crippen molar-refractivity contribution in [3.63, 3.8) is 0 Å². The van der Waals surface area contributed by atoms with Gasteiger partial charge in [-0.3, -0.25) is 15.1 Å². The standard InChI is InChI=1S/C21H15N3O4/c1-13-6-9-20-17(10-13)23-21(28-20)16-11-15(7-8-19(16)25)22-12-14-4-2-3-5-18(14)24(26)27/h2-12,25H,1H3. The van der Waals surface area contributed by atoms with Crippen molar-refractivity contribution in [2.24, 2.45) is 4.99 Å². The summed E-state index contributed by atoms with van der Waals surface area (Å²) < 4.78 is 5.75. The summed E-state index contributed by atoms with van der Waals surface area (Å²) in [7, 11) is 0. The number of hydrogen-bond donors (Lipinski definition) is 1. The quantitative estimate of drug-likeness (QED) is 0.302. The zero-order valence-corrected chi connectivity index (χ0v) is 14.9. The van der Waals surface area contributed by atoms with Crippen molar-refractivity contribution in [3.8, 4) is 17.2 Å². The lowest BCUT2D eigenvalue weighted by Gasteiger charge is -2.02. The lowest BCUT2D eigenvalue weighted by molar-refractivity contribution is -0.385. The Labute approximate surface area is 159 Å². The summed E-state index contributed by atoms with van der Waals surface area (Å²) in [6.07, 6.45) is 1.42. The van der Waals surface area contributed by atoms with Crippen LogP contribution in [0.5, 0.6) is 5.75 Å². The van der Waals surface area contributed by atoms with E-state index in [9.17, 15) is 15.2 Å². The highest BCUT2D eigenvalue weighted by Gasteiger charge is 2.14. The van der Waals surface area contributed by atoms with Crippen LogP contribution in [0.1, 0.15) is 11.1 Å². The first-order valence-corrected chi connectivity index (χ1v) is 8.49. The number of hydrogen-bond acceptors (Lipinski definition) is 6. The van der Waals surface area contributed by atoms with Crippen LogP contribution < -0.4 is 0 Å². The van der Waals surface area contributed by atoms with Crippen molar-refractivity contribution in [2.45, 2.75) is 6.92 Å². The van der Waals surface area contributed by atoms with Gasteiger partial charge in [-0.1, -0.05) is 18.2 Å². The Bertz CT molecular complexity index is 1230. The number of aryl methyl sites for hydroxylation is 1. The van der Waals surface area contributed by atoms with Gasteiger partial charge in [0, 0.05) is 12.3 Å². The zero-order valence-electron chi connectivity index (χ0n) is 14.9. The fourth-order valence-electron chi connectivity index (χ4n) is 2.84. The molecule has 0 atom stereocenters. The SMILES string of the molecule is Cc1ccc2oc(-c3cc(N=Cc4ccccc4[N+](=O)[O-])ccc3O)nc2c1. The van der Waals surface area contributed by atoms with Crippen LogP contribution in [0.25, 0.3) is 22.6 Å². The number of aromatic hydroxyl groups is 1. The van der Waals surface area contributed by atoms with E-state index in [1.165, 1.54) is 18.3 Å². The van der Waals surface area contributed by atoms with Gasteiger partial charge < -0.3 is 9.52 Å². The molecule has 3 aromatic carbocycles. The largest absolute Gasteiger partial charge is 0.507 e. The number of nitro groups is 1. The van der Waals surface area contributed by atoms with Crippen molar-refractivity contribution in [2.75, 3.05) is 0 Å². The number of phenolic OH excluding ortho intramolecular Hbond substituents is 1. The van der Waals surface area contributed by atoms with Crippen molar-refractivity contribution in [3.05, 3.63) is 81.9 Å². The number of aliphatic imine (C=N–C) groups is 1. The third-order valence-corrected chi connectivity index (χ3v) is 4.24. The Morgan fingerprint density at radius 1 is 1.14 bits per heavy atom. The number of oxazole rings is 1. The van der Waals surface area contributed by atoms with Crippen LogP contribution in [0.15, 0.2) is 70.1 Å². The fraction of sp³-hybridized carbons (Fsp3) is 0.0476. The molecule has 0 bridgehead atoms. The van der Waals surface area contributed by atoms with E-state index in [2.05, 4.69) is 9.98 Å². The number of benzene rings is 3. The monoisotopic (exact) mass is 373 g/mol. The van der Waals surface area contributed by atoms with Crippen LogP contribution >= 0.6 is 0 Å². The van der Waals surface area contributed by atoms with Gasteiger partial charge in [-0.05, 0) is 48.9 Å². The van der Waals surface area contributed by atoms with Crippen LogP contribution in [0, 0.1) is 17.0 Å². The maximum absolute atomic E-state index is 11.1. The van der Waals surface area contributed by atoms with Crippen molar-refractivity contribution in [1.82, 2.24) is 4.98 Å². The molecule has 0 amide bonds. The molecule has 0 aliphatic rings. The van der Waals surface area contributed by atoms with E-state index < -0.39 is 4.92 Å². The molecule has 0 spiro atoms. The van der Waals surface area contributed by atoms with Gasteiger partial charge in [0.05, 0.1) is 21.7 Å². The average Bonchev–Trinajstić information content (AvgIpc) is 3.10. The van der Waals surface area contributed by atoms with Gasteiger partial charge in [-0.2, -0.15) is 0 Å². The molecule has 0 unspecified atom stereocenters. The molecule has 0 saturated carbocycles. The molecule has 1 aromatic heterocycles. The average molecular weight is 373 g/mol. The molecule has 0 aliphatic heterocycles. The molecule has 7 heteroatoms. The molecule has 1 N–H and O–H groups in total. The minimum absolute atomic E-state index is 0.00733. The van der Waals surface area contributed by atoms with Gasteiger partial charge in [0.2, 0.25) is 5.89 Å². The van der Waals surface area contributed by atoms with E-state index in [0.29, 0.717) is 27.9 Å². The summed E-state index contributed by atoms with van der Waals surface area (Å²) in [6, 6.07) is 16.7. The van der Waals surface area contributed by atoms with Crippen molar-refractivity contribution >= 4 is 28.7 Å². The predicted molar refractivity (Wildman–Crippen MR) is 106 cm³/mol. The number of aromatic nitrogens is 1. The molecular weight excluding hydrogens is 358 g/mol. The molecule has 138 valence electrons. The topological polar surface area (TPSA) is 102 Å². The number of phenols is 1. The molecule has 4 aromatic rings. The van der Waals surface area contributed by atoms with E-state index >= 15 is 0 Å². The first-order chi connectivity index (χ1) is 13.5. The molecule has 4 rings (SSSR count). The lowest BCUT2D eigenvalue weighted by Crippen LogP contribution is -1.93. The Hall–Kier alpha value is -4.00. The van der Waals surface area contributed by atoms with E-state index in [4.69, 9.17) is 4.42 Å². The molecule has 1 heterocycles. The summed E-state index contributed by atoms with van der Waals surface area (Å²) in [5.41, 5.74) is 3.63. The van der Waals surface area contributed by atoms with Gasteiger partial charge in [-0.15, -0.1) is 0 Å². The van der Waals surface area contributed by atoms with Gasteiger partial charge in [0.15, 0.2) is 5.58 Å². The maximum Gasteiger partial charge on any atom is 0.278 e. The summed E-state index contributed by atoms with van der Waals surface area (Å²) in [5.74, 6) is 0.286. The Morgan fingerprint density at radius 2 is 1.96 bits per heavy atom. The van der Waals surface area contributed by atoms with E-state index in [1.807, 2.05) is 25.1 Å². The summed E-state index contributed by atoms with van der Waals surface area (Å²) in [5, 5.41) is 21.3. The Morgan fingerprint density at radius 3 is 2.79 bits per heavy atom. The third-order valence-electron chi connectivity index (χ3n) is 4.24. The van der Waals surface area contributed by atoms with Gasteiger partial charge in [0.25, 0.3) is 5.69 Å². The highest BCUT2D eigenvalue weighted by Crippen LogP contribution is 2.34. The molecule has 7 nitrogen and oxygen atoms in total. The fourth-order valence-corrected chi connectivity index (χ4v) is 2.84. The highest BCUT2D eigenvalue weighted by atomic mass is 16.6. The number of rotatable bonds is 4. The number of fused-ring (bicyclic) bond motifs is 1. The molecule has 0 fully saturated rings. The van der Waals surface area contributed by atoms with Crippen molar-refractivity contribution < 1.29 is 14.4 Å².